The van der Waals surface area contributed by atoms with E-state index < -0.39 is 21.9 Å². The SMILES string of the molecule is O=S(=O)(O)CCCNCCc1ccc(C(F)(F)F)cc1. The maximum atomic E-state index is 12.3. The van der Waals surface area contributed by atoms with Crippen molar-refractivity contribution in [3.8, 4) is 0 Å². The molecule has 4 nitrogen and oxygen atoms in total. The molecule has 0 aliphatic rings. The number of hydrogen-bond donors (Lipinski definition) is 2. The van der Waals surface area contributed by atoms with Gasteiger partial charge >= 0.3 is 6.18 Å². The lowest BCUT2D eigenvalue weighted by molar-refractivity contribution is -0.137. The Morgan fingerprint density at radius 1 is 1.10 bits per heavy atom. The third-order valence-corrected chi connectivity index (χ3v) is 3.43. The standard InChI is InChI=1S/C12H16F3NO3S/c13-12(14,15)11-4-2-10(3-5-11)6-8-16-7-1-9-20(17,18)19/h2-5,16H,1,6-9H2,(H,17,18,19). The van der Waals surface area contributed by atoms with Gasteiger partial charge in [0.2, 0.25) is 0 Å². The molecule has 114 valence electrons. The molecule has 0 amide bonds. The first kappa shape index (κ1) is 16.9. The molecule has 0 aliphatic carbocycles. The molecule has 0 saturated heterocycles. The summed E-state index contributed by atoms with van der Waals surface area (Å²) in [5.74, 6) is -0.305. The summed E-state index contributed by atoms with van der Waals surface area (Å²) in [5.41, 5.74) is 0.0858. The molecule has 0 unspecified atom stereocenters. The first-order valence-electron chi connectivity index (χ1n) is 6.00. The summed E-state index contributed by atoms with van der Waals surface area (Å²) in [4.78, 5) is 0. The minimum Gasteiger partial charge on any atom is -0.316 e. The molecule has 0 atom stereocenters. The Morgan fingerprint density at radius 3 is 2.20 bits per heavy atom. The second-order valence-electron chi connectivity index (χ2n) is 4.33. The van der Waals surface area contributed by atoms with Gasteiger partial charge in [-0.3, -0.25) is 4.55 Å². The Hall–Kier alpha value is -1.12. The third kappa shape index (κ3) is 6.88. The van der Waals surface area contributed by atoms with Crippen molar-refractivity contribution in [3.63, 3.8) is 0 Å². The highest BCUT2D eigenvalue weighted by Crippen LogP contribution is 2.29. The van der Waals surface area contributed by atoms with Gasteiger partial charge in [-0.15, -0.1) is 0 Å². The van der Waals surface area contributed by atoms with Crippen molar-refractivity contribution in [2.24, 2.45) is 0 Å². The lowest BCUT2D eigenvalue weighted by Gasteiger charge is -2.08. The van der Waals surface area contributed by atoms with Crippen LogP contribution in [0.1, 0.15) is 17.5 Å². The zero-order valence-corrected chi connectivity index (χ0v) is 11.5. The fourth-order valence-electron chi connectivity index (χ4n) is 1.60. The lowest BCUT2D eigenvalue weighted by Crippen LogP contribution is -2.21. The fourth-order valence-corrected chi connectivity index (χ4v) is 2.11. The van der Waals surface area contributed by atoms with Crippen molar-refractivity contribution in [1.29, 1.82) is 0 Å². The molecule has 0 radical (unpaired) electrons. The summed E-state index contributed by atoms with van der Waals surface area (Å²) in [6.07, 6.45) is -3.50. The van der Waals surface area contributed by atoms with Crippen LogP contribution in [0.4, 0.5) is 13.2 Å². The monoisotopic (exact) mass is 311 g/mol. The molecule has 0 bridgehead atoms. The van der Waals surface area contributed by atoms with Crippen LogP contribution in [0.25, 0.3) is 0 Å². The lowest BCUT2D eigenvalue weighted by atomic mass is 10.1. The second kappa shape index (κ2) is 7.05. The molecular weight excluding hydrogens is 295 g/mol. The van der Waals surface area contributed by atoms with Crippen molar-refractivity contribution in [1.82, 2.24) is 5.32 Å². The summed E-state index contributed by atoms with van der Waals surface area (Å²) in [6, 6.07) is 4.91. The molecule has 1 aromatic rings. The van der Waals surface area contributed by atoms with Crippen LogP contribution in [0.2, 0.25) is 0 Å². The van der Waals surface area contributed by atoms with E-state index in [0.717, 1.165) is 17.7 Å². The summed E-state index contributed by atoms with van der Waals surface area (Å²) in [7, 11) is -3.93. The van der Waals surface area contributed by atoms with Crippen LogP contribution >= 0.6 is 0 Å². The average Bonchev–Trinajstić information content (AvgIpc) is 2.32. The van der Waals surface area contributed by atoms with E-state index in [1.54, 1.807) is 0 Å². The minimum absolute atomic E-state index is 0.284. The number of nitrogens with one attached hydrogen (secondary N) is 1. The van der Waals surface area contributed by atoms with E-state index in [2.05, 4.69) is 5.32 Å². The van der Waals surface area contributed by atoms with Gasteiger partial charge in [0.15, 0.2) is 0 Å². The van der Waals surface area contributed by atoms with Crippen molar-refractivity contribution in [3.05, 3.63) is 35.4 Å². The van der Waals surface area contributed by atoms with Crippen LogP contribution in [0.15, 0.2) is 24.3 Å². The fraction of sp³-hybridized carbons (Fsp3) is 0.500. The van der Waals surface area contributed by atoms with Gasteiger partial charge in [0.25, 0.3) is 10.1 Å². The molecule has 2 N–H and O–H groups in total. The summed E-state index contributed by atoms with van der Waals surface area (Å²) < 4.78 is 66.3. The Balaban J connectivity index is 2.26. The van der Waals surface area contributed by atoms with Crippen molar-refractivity contribution in [2.45, 2.75) is 19.0 Å². The van der Waals surface area contributed by atoms with E-state index in [1.807, 2.05) is 0 Å². The predicted octanol–water partition coefficient (Wildman–Crippen LogP) is 2.12. The molecule has 0 aromatic heterocycles. The quantitative estimate of drug-likeness (QED) is 0.598. The summed E-state index contributed by atoms with van der Waals surface area (Å²) >= 11 is 0. The van der Waals surface area contributed by atoms with Crippen LogP contribution in [0.3, 0.4) is 0 Å². The Bertz CT molecular complexity index is 512. The number of hydrogen-bond acceptors (Lipinski definition) is 3. The van der Waals surface area contributed by atoms with E-state index >= 15 is 0 Å². The van der Waals surface area contributed by atoms with Crippen molar-refractivity contribution >= 4 is 10.1 Å². The summed E-state index contributed by atoms with van der Waals surface area (Å²) in [6.45, 7) is 0.942. The van der Waals surface area contributed by atoms with Gasteiger partial charge in [-0.1, -0.05) is 12.1 Å². The molecule has 0 saturated carbocycles. The van der Waals surface area contributed by atoms with Crippen LogP contribution in [0.5, 0.6) is 0 Å². The van der Waals surface area contributed by atoms with E-state index in [9.17, 15) is 21.6 Å². The molecule has 1 aromatic carbocycles. The molecule has 0 heterocycles. The largest absolute Gasteiger partial charge is 0.416 e. The topological polar surface area (TPSA) is 66.4 Å². The number of benzene rings is 1. The first-order chi connectivity index (χ1) is 9.18. The molecule has 20 heavy (non-hydrogen) atoms. The van der Waals surface area contributed by atoms with Crippen LogP contribution in [0, 0.1) is 0 Å². The number of halogens is 3. The number of rotatable bonds is 7. The van der Waals surface area contributed by atoms with Gasteiger partial charge in [-0.05, 0) is 43.6 Å². The summed E-state index contributed by atoms with van der Waals surface area (Å²) in [5, 5.41) is 2.95. The Kier molecular flexibility index (Phi) is 5.97. The van der Waals surface area contributed by atoms with Gasteiger partial charge in [-0.2, -0.15) is 21.6 Å². The van der Waals surface area contributed by atoms with Crippen LogP contribution in [-0.2, 0) is 22.7 Å². The molecular formula is C12H16F3NO3S. The molecule has 8 heteroatoms. The van der Waals surface area contributed by atoms with Gasteiger partial charge in [-0.25, -0.2) is 0 Å². The van der Waals surface area contributed by atoms with Crippen molar-refractivity contribution in [2.75, 3.05) is 18.8 Å². The highest BCUT2D eigenvalue weighted by Gasteiger charge is 2.29. The normalized spacial score (nSPS) is 12.6. The molecule has 0 aliphatic heterocycles. The van der Waals surface area contributed by atoms with E-state index in [-0.39, 0.29) is 12.2 Å². The smallest absolute Gasteiger partial charge is 0.316 e. The van der Waals surface area contributed by atoms with Crippen LogP contribution < -0.4 is 5.32 Å². The molecule has 1 rings (SSSR count). The van der Waals surface area contributed by atoms with Gasteiger partial charge in [0, 0.05) is 0 Å². The maximum absolute atomic E-state index is 12.3. The average molecular weight is 311 g/mol. The van der Waals surface area contributed by atoms with E-state index in [0.29, 0.717) is 19.5 Å². The third-order valence-electron chi connectivity index (χ3n) is 2.63. The van der Waals surface area contributed by atoms with Gasteiger partial charge < -0.3 is 5.32 Å². The zero-order chi connectivity index (χ0) is 15.2. The van der Waals surface area contributed by atoms with Crippen LogP contribution in [-0.4, -0.2) is 31.8 Å². The number of alkyl halides is 3. The Morgan fingerprint density at radius 2 is 1.70 bits per heavy atom. The van der Waals surface area contributed by atoms with E-state index in [1.165, 1.54) is 12.1 Å². The van der Waals surface area contributed by atoms with Crippen molar-refractivity contribution < 1.29 is 26.1 Å². The minimum atomic E-state index is -4.33. The highest BCUT2D eigenvalue weighted by atomic mass is 32.2. The first-order valence-corrected chi connectivity index (χ1v) is 7.61. The van der Waals surface area contributed by atoms with Gasteiger partial charge in [0.1, 0.15) is 0 Å². The van der Waals surface area contributed by atoms with E-state index in [4.69, 9.17) is 4.55 Å². The molecule has 0 spiro atoms. The molecule has 0 fully saturated rings. The maximum Gasteiger partial charge on any atom is 0.416 e. The predicted molar refractivity (Wildman–Crippen MR) is 69.1 cm³/mol. The van der Waals surface area contributed by atoms with Gasteiger partial charge in [0.05, 0.1) is 11.3 Å². The second-order valence-corrected chi connectivity index (χ2v) is 5.91. The Labute approximate surface area is 115 Å². The zero-order valence-electron chi connectivity index (χ0n) is 10.7. The highest BCUT2D eigenvalue weighted by molar-refractivity contribution is 7.85.